The van der Waals surface area contributed by atoms with Gasteiger partial charge in [-0.3, -0.25) is 9.48 Å². The van der Waals surface area contributed by atoms with Gasteiger partial charge in [0.1, 0.15) is 40.9 Å². The van der Waals surface area contributed by atoms with Gasteiger partial charge in [0, 0.05) is 23.4 Å². The molecular formula is C28H23BrF8N4O2. The van der Waals surface area contributed by atoms with E-state index in [9.17, 15) is 45.0 Å². The summed E-state index contributed by atoms with van der Waals surface area (Å²) >= 11 is 3.27. The van der Waals surface area contributed by atoms with Crippen molar-refractivity contribution in [2.24, 2.45) is 0 Å². The van der Waals surface area contributed by atoms with E-state index >= 15 is 0 Å². The topological polar surface area (TPSA) is 80.0 Å². The molecule has 0 saturated heterocycles. The number of aliphatic hydroxyl groups is 1. The van der Waals surface area contributed by atoms with Gasteiger partial charge in [-0.1, -0.05) is 5.92 Å². The zero-order chi connectivity index (χ0) is 31.9. The molecule has 2 aromatic heterocycles. The highest BCUT2D eigenvalue weighted by atomic mass is 79.9. The highest BCUT2D eigenvalue weighted by molar-refractivity contribution is 9.10. The maximum absolute atomic E-state index is 14.8. The lowest BCUT2D eigenvalue weighted by Crippen LogP contribution is -2.37. The molecule has 0 saturated carbocycles. The summed E-state index contributed by atoms with van der Waals surface area (Å²) in [5.41, 5.74) is -5.81. The van der Waals surface area contributed by atoms with Crippen LogP contribution < -0.4 is 5.32 Å². The number of carbonyl (C=O) groups excluding carboxylic acids is 1. The van der Waals surface area contributed by atoms with Crippen molar-refractivity contribution in [2.75, 3.05) is 0 Å². The predicted molar refractivity (Wildman–Crippen MR) is 140 cm³/mol. The van der Waals surface area contributed by atoms with Crippen LogP contribution in [0.5, 0.6) is 0 Å². The number of rotatable bonds is 7. The maximum Gasteiger partial charge on any atom is 0.290 e. The average molecular weight is 679 g/mol. The van der Waals surface area contributed by atoms with Crippen LogP contribution in [0.4, 0.5) is 35.1 Å². The van der Waals surface area contributed by atoms with Gasteiger partial charge in [0.2, 0.25) is 5.91 Å². The molecule has 1 amide bonds. The molecule has 1 aliphatic carbocycles. The number of fused-ring (bicyclic) bond motifs is 1. The molecule has 0 unspecified atom stereocenters. The Morgan fingerprint density at radius 3 is 2.33 bits per heavy atom. The average Bonchev–Trinajstić information content (AvgIpc) is 3.27. The van der Waals surface area contributed by atoms with E-state index in [1.807, 2.05) is 0 Å². The van der Waals surface area contributed by atoms with Crippen molar-refractivity contribution in [1.29, 1.82) is 0 Å². The Hall–Kier alpha value is -3.51. The Labute approximate surface area is 248 Å². The molecule has 0 bridgehead atoms. The third-order valence-corrected chi connectivity index (χ3v) is 7.01. The van der Waals surface area contributed by atoms with Crippen molar-refractivity contribution in [1.82, 2.24) is 20.1 Å². The number of hydrogen-bond donors (Lipinski definition) is 2. The molecule has 15 heteroatoms. The van der Waals surface area contributed by atoms with Crippen LogP contribution in [0.15, 0.2) is 34.8 Å². The fourth-order valence-electron chi connectivity index (χ4n) is 4.58. The molecule has 1 aliphatic rings. The van der Waals surface area contributed by atoms with Crippen LogP contribution >= 0.6 is 15.9 Å². The molecule has 4 rings (SSSR count). The largest absolute Gasteiger partial charge is 0.378 e. The highest BCUT2D eigenvalue weighted by Gasteiger charge is 2.55. The van der Waals surface area contributed by atoms with Crippen LogP contribution in [0.3, 0.4) is 0 Å². The summed E-state index contributed by atoms with van der Waals surface area (Å²) in [5.74, 6) is -5.79. The normalized spacial score (nSPS) is 16.3. The minimum Gasteiger partial charge on any atom is -0.378 e. The zero-order valence-corrected chi connectivity index (χ0v) is 24.1. The maximum atomic E-state index is 14.8. The first-order chi connectivity index (χ1) is 19.9. The summed E-state index contributed by atoms with van der Waals surface area (Å²) < 4.78 is 114. The Bertz CT molecular complexity index is 1590. The Morgan fingerprint density at radius 1 is 1.09 bits per heavy atom. The first kappa shape index (κ1) is 32.4. The second-order valence-corrected chi connectivity index (χ2v) is 11.3. The van der Waals surface area contributed by atoms with Gasteiger partial charge in [-0.05, 0) is 71.9 Å². The molecule has 1 atom stereocenters. The molecule has 6 nitrogen and oxygen atoms in total. The van der Waals surface area contributed by atoms with Crippen molar-refractivity contribution in [3.8, 4) is 11.8 Å². The fraction of sp³-hybridized carbons (Fsp3) is 0.393. The third-order valence-electron chi connectivity index (χ3n) is 6.34. The summed E-state index contributed by atoms with van der Waals surface area (Å²) in [6.45, 7) is 1.69. The Kier molecular flexibility index (Phi) is 8.95. The number of pyridine rings is 1. The number of halogens is 9. The number of carbonyl (C=O) groups is 1. The van der Waals surface area contributed by atoms with Gasteiger partial charge in [-0.15, -0.1) is 0 Å². The van der Waals surface area contributed by atoms with E-state index in [-0.39, 0.29) is 32.5 Å². The number of nitrogens with zero attached hydrogens (tertiary/aromatic N) is 3. The standard InChI is InChI=1S/C28H23BrF8N4O2/c1-26(2,43)6-5-17-3-4-18(29)22(38-17)19(11-14-9-15(30)12-16(31)10-14)39-20(42)13-41-24-21(23(40-41)25(32)33)27(34,35)7-8-28(24,36)37/h3-4,9-10,12,19,25,43H,7-8,11,13H2,1-2H3,(H,39,42)/t19-/m0/s1. The molecule has 230 valence electrons. The number of hydrogen-bond acceptors (Lipinski definition) is 4. The van der Waals surface area contributed by atoms with Gasteiger partial charge >= 0.3 is 0 Å². The number of benzene rings is 1. The van der Waals surface area contributed by atoms with Crippen LogP contribution in [0, 0.1) is 23.5 Å². The lowest BCUT2D eigenvalue weighted by Gasteiger charge is -2.29. The Morgan fingerprint density at radius 2 is 1.72 bits per heavy atom. The summed E-state index contributed by atoms with van der Waals surface area (Å²) in [6, 6.07) is 4.32. The first-order valence-corrected chi connectivity index (χ1v) is 13.5. The quantitative estimate of drug-likeness (QED) is 0.222. The first-order valence-electron chi connectivity index (χ1n) is 12.7. The molecule has 3 aromatic rings. The third kappa shape index (κ3) is 7.53. The molecule has 1 aromatic carbocycles. The van der Waals surface area contributed by atoms with E-state index in [4.69, 9.17) is 0 Å². The van der Waals surface area contributed by atoms with Gasteiger partial charge in [0.25, 0.3) is 18.3 Å². The smallest absolute Gasteiger partial charge is 0.290 e. The number of amides is 1. The van der Waals surface area contributed by atoms with Crippen LogP contribution in [0.25, 0.3) is 0 Å². The second kappa shape index (κ2) is 11.9. The molecule has 0 spiro atoms. The van der Waals surface area contributed by atoms with Crippen LogP contribution in [-0.2, 0) is 29.6 Å². The van der Waals surface area contributed by atoms with Gasteiger partial charge in [0.15, 0.2) is 0 Å². The monoisotopic (exact) mass is 678 g/mol. The predicted octanol–water partition coefficient (Wildman–Crippen LogP) is 6.46. The van der Waals surface area contributed by atoms with Gasteiger partial charge in [-0.2, -0.15) is 13.9 Å². The fourth-order valence-corrected chi connectivity index (χ4v) is 5.08. The molecule has 0 fully saturated rings. The number of aromatic nitrogens is 3. The minimum absolute atomic E-state index is 0.0482. The summed E-state index contributed by atoms with van der Waals surface area (Å²) in [7, 11) is 0. The Balaban J connectivity index is 1.74. The van der Waals surface area contributed by atoms with Gasteiger partial charge in [-0.25, -0.2) is 31.3 Å². The molecule has 43 heavy (non-hydrogen) atoms. The van der Waals surface area contributed by atoms with Crippen molar-refractivity contribution in [3.05, 3.63) is 80.3 Å². The minimum atomic E-state index is -4.03. The van der Waals surface area contributed by atoms with Crippen molar-refractivity contribution in [3.63, 3.8) is 0 Å². The molecular weight excluding hydrogens is 656 g/mol. The SMILES string of the molecule is CC(C)(O)C#Cc1ccc(Br)c([C@H](Cc2cc(F)cc(F)c2)NC(=O)Cn2nc(C(F)F)c3c2C(F)(F)CCC3(F)F)n1. The summed E-state index contributed by atoms with van der Waals surface area (Å²) in [4.78, 5) is 17.5. The second-order valence-electron chi connectivity index (χ2n) is 10.5. The van der Waals surface area contributed by atoms with Crippen molar-refractivity contribution < 1.29 is 45.0 Å². The van der Waals surface area contributed by atoms with Crippen molar-refractivity contribution >= 4 is 21.8 Å². The van der Waals surface area contributed by atoms with E-state index in [1.165, 1.54) is 26.0 Å². The van der Waals surface area contributed by atoms with Gasteiger partial charge < -0.3 is 10.4 Å². The van der Waals surface area contributed by atoms with E-state index in [1.54, 1.807) is 0 Å². The van der Waals surface area contributed by atoms with Crippen LogP contribution in [0.1, 0.15) is 73.1 Å². The van der Waals surface area contributed by atoms with Crippen LogP contribution in [0.2, 0.25) is 0 Å². The van der Waals surface area contributed by atoms with Crippen LogP contribution in [-0.4, -0.2) is 31.4 Å². The molecule has 2 N–H and O–H groups in total. The van der Waals surface area contributed by atoms with Crippen molar-refractivity contribution in [2.45, 2.75) is 69.6 Å². The van der Waals surface area contributed by atoms with Gasteiger partial charge in [0.05, 0.1) is 17.3 Å². The number of nitrogens with one attached hydrogen (secondary N) is 1. The summed E-state index contributed by atoms with van der Waals surface area (Å²) in [5, 5.41) is 15.6. The number of alkyl halides is 6. The van der Waals surface area contributed by atoms with E-state index in [0.29, 0.717) is 6.07 Å². The lowest BCUT2D eigenvalue weighted by molar-refractivity contribution is -0.123. The lowest BCUT2D eigenvalue weighted by atomic mass is 9.89. The van der Waals surface area contributed by atoms with E-state index < -0.39 is 83.8 Å². The summed E-state index contributed by atoms with van der Waals surface area (Å²) in [6.07, 6.45) is -6.67. The molecule has 0 aliphatic heterocycles. The van der Waals surface area contributed by atoms with E-state index in [2.05, 4.69) is 43.2 Å². The zero-order valence-electron chi connectivity index (χ0n) is 22.5. The molecule has 2 heterocycles. The molecule has 0 radical (unpaired) electrons. The van der Waals surface area contributed by atoms with E-state index in [0.717, 1.165) is 12.1 Å². The highest BCUT2D eigenvalue weighted by Crippen LogP contribution is 2.52.